The predicted octanol–water partition coefficient (Wildman–Crippen LogP) is 2.29. The van der Waals surface area contributed by atoms with Crippen LogP contribution in [0.3, 0.4) is 0 Å². The van der Waals surface area contributed by atoms with Crippen LogP contribution in [0.15, 0.2) is 18.2 Å². The third kappa shape index (κ3) is 2.50. The molecule has 1 amide bonds. The zero-order valence-electron chi connectivity index (χ0n) is 11.3. The molecule has 2 fully saturated rings. The summed E-state index contributed by atoms with van der Waals surface area (Å²) in [7, 11) is 0. The molecule has 3 rings (SSSR count). The fourth-order valence-electron chi connectivity index (χ4n) is 3.26. The van der Waals surface area contributed by atoms with Crippen molar-refractivity contribution in [3.8, 4) is 0 Å². The molecule has 21 heavy (non-hydrogen) atoms. The fraction of sp³-hybridized carbons (Fsp3) is 0.467. The molecule has 0 radical (unpaired) electrons. The molecule has 1 saturated heterocycles. The Bertz CT molecular complexity index is 589. The molecule has 6 heteroatoms. The second kappa shape index (κ2) is 4.79. The number of benzene rings is 1. The van der Waals surface area contributed by atoms with Crippen LogP contribution in [0.1, 0.15) is 29.6 Å². The van der Waals surface area contributed by atoms with Crippen LogP contribution in [0.25, 0.3) is 0 Å². The summed E-state index contributed by atoms with van der Waals surface area (Å²) in [6, 6.07) is 2.77. The van der Waals surface area contributed by atoms with E-state index in [-0.39, 0.29) is 16.9 Å². The zero-order valence-corrected chi connectivity index (χ0v) is 11.3. The maximum Gasteiger partial charge on any atom is 0.307 e. The first-order valence-electron chi connectivity index (χ1n) is 6.89. The van der Waals surface area contributed by atoms with Crippen LogP contribution in [0, 0.1) is 23.0 Å². The van der Waals surface area contributed by atoms with Crippen molar-refractivity contribution < 1.29 is 23.5 Å². The van der Waals surface area contributed by atoms with Gasteiger partial charge in [-0.1, -0.05) is 0 Å². The second-order valence-corrected chi connectivity index (χ2v) is 5.91. The summed E-state index contributed by atoms with van der Waals surface area (Å²) in [5.74, 6) is -3.04. The third-order valence-electron chi connectivity index (χ3n) is 4.64. The Morgan fingerprint density at radius 1 is 1.14 bits per heavy atom. The Kier molecular flexibility index (Phi) is 3.19. The maximum absolute atomic E-state index is 13.2. The van der Waals surface area contributed by atoms with Crippen molar-refractivity contribution in [1.29, 1.82) is 0 Å². The first kappa shape index (κ1) is 14.0. The number of amides is 1. The molecule has 1 aliphatic heterocycles. The summed E-state index contributed by atoms with van der Waals surface area (Å²) in [4.78, 5) is 24.7. The lowest BCUT2D eigenvalue weighted by molar-refractivity contribution is -0.139. The van der Waals surface area contributed by atoms with Gasteiger partial charge in [-0.2, -0.15) is 0 Å². The monoisotopic (exact) mass is 295 g/mol. The minimum absolute atomic E-state index is 0.00553. The summed E-state index contributed by atoms with van der Waals surface area (Å²) in [5, 5.41) is 9.02. The predicted molar refractivity (Wildman–Crippen MR) is 69.7 cm³/mol. The van der Waals surface area contributed by atoms with E-state index in [0.717, 1.165) is 18.2 Å². The van der Waals surface area contributed by atoms with Gasteiger partial charge in [0.25, 0.3) is 5.91 Å². The number of hydrogen-bond acceptors (Lipinski definition) is 2. The quantitative estimate of drug-likeness (QED) is 0.910. The van der Waals surface area contributed by atoms with Gasteiger partial charge in [-0.15, -0.1) is 0 Å². The molecule has 2 aliphatic rings. The Morgan fingerprint density at radius 2 is 1.71 bits per heavy atom. The Morgan fingerprint density at radius 3 is 2.19 bits per heavy atom. The van der Waals surface area contributed by atoms with Crippen molar-refractivity contribution in [1.82, 2.24) is 4.90 Å². The highest BCUT2D eigenvalue weighted by Crippen LogP contribution is 2.59. The third-order valence-corrected chi connectivity index (χ3v) is 4.64. The average molecular weight is 295 g/mol. The Labute approximate surface area is 120 Å². The number of nitrogens with zero attached hydrogens (tertiary/aromatic N) is 1. The minimum Gasteiger partial charge on any atom is -0.481 e. The number of likely N-dealkylation sites (tertiary alicyclic amines) is 1. The summed E-state index contributed by atoms with van der Waals surface area (Å²) in [6.45, 7) is 0.863. The van der Waals surface area contributed by atoms with E-state index < -0.39 is 23.5 Å². The highest BCUT2D eigenvalue weighted by Gasteiger charge is 2.59. The number of carbonyl (C=O) groups is 2. The number of carboxylic acids is 1. The molecular weight excluding hydrogens is 280 g/mol. The van der Waals surface area contributed by atoms with E-state index in [1.165, 1.54) is 4.90 Å². The number of rotatable bonds is 2. The second-order valence-electron chi connectivity index (χ2n) is 5.91. The van der Waals surface area contributed by atoms with Gasteiger partial charge < -0.3 is 10.0 Å². The standard InChI is InChI=1S/C15H15F2NO3/c16-10-5-9(6-11(17)7-10)13(19)18-3-1-15(2-4-18)8-12(15)14(20)21/h5-7,12H,1-4,8H2,(H,20,21). The van der Waals surface area contributed by atoms with Gasteiger partial charge in [0.05, 0.1) is 5.92 Å². The van der Waals surface area contributed by atoms with Crippen LogP contribution >= 0.6 is 0 Å². The smallest absolute Gasteiger partial charge is 0.307 e. The number of halogens is 2. The number of carboxylic acid groups (broad SMARTS) is 1. The summed E-state index contributed by atoms with van der Waals surface area (Å²) >= 11 is 0. The van der Waals surface area contributed by atoms with Gasteiger partial charge in [0.15, 0.2) is 0 Å². The normalized spacial score (nSPS) is 23.1. The Hall–Kier alpha value is -1.98. The molecule has 1 unspecified atom stereocenters. The lowest BCUT2D eigenvalue weighted by atomic mass is 9.90. The van der Waals surface area contributed by atoms with E-state index in [4.69, 9.17) is 5.11 Å². The number of hydrogen-bond donors (Lipinski definition) is 1. The van der Waals surface area contributed by atoms with Crippen LogP contribution in [0.5, 0.6) is 0 Å². The first-order chi connectivity index (χ1) is 9.91. The fourth-order valence-corrected chi connectivity index (χ4v) is 3.26. The van der Waals surface area contributed by atoms with Crippen molar-refractivity contribution in [2.45, 2.75) is 19.3 Å². The molecule has 1 saturated carbocycles. The van der Waals surface area contributed by atoms with Crippen molar-refractivity contribution in [3.05, 3.63) is 35.4 Å². The van der Waals surface area contributed by atoms with Crippen LogP contribution in [0.4, 0.5) is 8.78 Å². The van der Waals surface area contributed by atoms with E-state index in [9.17, 15) is 18.4 Å². The van der Waals surface area contributed by atoms with Gasteiger partial charge in [0.2, 0.25) is 0 Å². The first-order valence-corrected chi connectivity index (χ1v) is 6.89. The molecule has 1 atom stereocenters. The number of piperidine rings is 1. The molecule has 1 aromatic carbocycles. The number of aliphatic carboxylic acids is 1. The SMILES string of the molecule is O=C(O)C1CC12CCN(C(=O)c1cc(F)cc(F)c1)CC2. The van der Waals surface area contributed by atoms with Gasteiger partial charge >= 0.3 is 5.97 Å². The van der Waals surface area contributed by atoms with Crippen LogP contribution in [-0.4, -0.2) is 35.0 Å². The highest BCUT2D eigenvalue weighted by atomic mass is 19.1. The van der Waals surface area contributed by atoms with Crippen molar-refractivity contribution >= 4 is 11.9 Å². The molecule has 1 heterocycles. The summed E-state index contributed by atoms with van der Waals surface area (Å²) in [6.07, 6.45) is 1.93. The molecule has 0 bridgehead atoms. The molecule has 112 valence electrons. The number of carbonyl (C=O) groups excluding carboxylic acids is 1. The lowest BCUT2D eigenvalue weighted by Gasteiger charge is -2.32. The zero-order chi connectivity index (χ0) is 15.2. The van der Waals surface area contributed by atoms with Crippen LogP contribution in [-0.2, 0) is 4.79 Å². The maximum atomic E-state index is 13.2. The Balaban J connectivity index is 1.67. The van der Waals surface area contributed by atoms with Crippen molar-refractivity contribution in [3.63, 3.8) is 0 Å². The largest absolute Gasteiger partial charge is 0.481 e. The van der Waals surface area contributed by atoms with Gasteiger partial charge in [0.1, 0.15) is 11.6 Å². The molecule has 1 spiro atoms. The van der Waals surface area contributed by atoms with E-state index >= 15 is 0 Å². The van der Waals surface area contributed by atoms with E-state index in [1.54, 1.807) is 0 Å². The van der Waals surface area contributed by atoms with Crippen LogP contribution in [0.2, 0.25) is 0 Å². The van der Waals surface area contributed by atoms with Crippen molar-refractivity contribution in [2.24, 2.45) is 11.3 Å². The molecular formula is C15H15F2NO3. The van der Waals surface area contributed by atoms with Crippen LogP contribution < -0.4 is 0 Å². The average Bonchev–Trinajstić information content (AvgIpc) is 3.12. The topological polar surface area (TPSA) is 57.6 Å². The van der Waals surface area contributed by atoms with E-state index in [1.807, 2.05) is 0 Å². The highest BCUT2D eigenvalue weighted by molar-refractivity contribution is 5.94. The van der Waals surface area contributed by atoms with E-state index in [0.29, 0.717) is 32.4 Å². The van der Waals surface area contributed by atoms with E-state index in [2.05, 4.69) is 0 Å². The molecule has 0 aromatic heterocycles. The minimum atomic E-state index is -0.778. The summed E-state index contributed by atoms with van der Waals surface area (Å²) in [5.41, 5.74) is -0.176. The van der Waals surface area contributed by atoms with Gasteiger partial charge in [-0.25, -0.2) is 8.78 Å². The van der Waals surface area contributed by atoms with Crippen molar-refractivity contribution in [2.75, 3.05) is 13.1 Å². The molecule has 1 aliphatic carbocycles. The van der Waals surface area contributed by atoms with Gasteiger partial charge in [0, 0.05) is 24.7 Å². The van der Waals surface area contributed by atoms with Gasteiger partial charge in [-0.3, -0.25) is 9.59 Å². The summed E-state index contributed by atoms with van der Waals surface area (Å²) < 4.78 is 26.3. The molecule has 4 nitrogen and oxygen atoms in total. The van der Waals surface area contributed by atoms with Gasteiger partial charge in [-0.05, 0) is 36.8 Å². The molecule has 1 aromatic rings. The lowest BCUT2D eigenvalue weighted by Crippen LogP contribution is -2.40. The molecule has 1 N–H and O–H groups in total.